The van der Waals surface area contributed by atoms with Crippen LogP contribution in [0.3, 0.4) is 0 Å². The van der Waals surface area contributed by atoms with E-state index in [4.69, 9.17) is 16.9 Å². The third-order valence-electron chi connectivity index (χ3n) is 4.08. The Labute approximate surface area is 112 Å². The van der Waals surface area contributed by atoms with Crippen molar-refractivity contribution in [2.75, 3.05) is 4.90 Å². The van der Waals surface area contributed by atoms with Crippen LogP contribution in [0.2, 0.25) is 5.02 Å². The van der Waals surface area contributed by atoms with E-state index in [9.17, 15) is 5.11 Å². The van der Waals surface area contributed by atoms with E-state index in [1.54, 1.807) is 6.07 Å². The third kappa shape index (κ3) is 1.86. The summed E-state index contributed by atoms with van der Waals surface area (Å²) >= 11 is 6.09. The van der Waals surface area contributed by atoms with Gasteiger partial charge in [0, 0.05) is 17.8 Å². The van der Waals surface area contributed by atoms with Crippen molar-refractivity contribution in [3.8, 4) is 6.07 Å². The van der Waals surface area contributed by atoms with Crippen molar-refractivity contribution < 1.29 is 5.11 Å². The van der Waals surface area contributed by atoms with Crippen LogP contribution in [0, 0.1) is 11.3 Å². The van der Waals surface area contributed by atoms with Gasteiger partial charge in [0.25, 0.3) is 0 Å². The summed E-state index contributed by atoms with van der Waals surface area (Å²) in [6.07, 6.45) is 3.80. The quantitative estimate of drug-likeness (QED) is 0.847. The van der Waals surface area contributed by atoms with Gasteiger partial charge in [-0.25, -0.2) is 0 Å². The molecule has 0 spiro atoms. The molecule has 18 heavy (non-hydrogen) atoms. The number of benzene rings is 1. The van der Waals surface area contributed by atoms with Gasteiger partial charge in [0.05, 0.1) is 16.7 Å². The second-order valence-corrected chi connectivity index (χ2v) is 5.60. The average molecular weight is 263 g/mol. The largest absolute Gasteiger partial charge is 0.393 e. The number of hydrogen-bond acceptors (Lipinski definition) is 3. The van der Waals surface area contributed by atoms with Crippen LogP contribution in [0.15, 0.2) is 18.2 Å². The van der Waals surface area contributed by atoms with Crippen LogP contribution in [-0.4, -0.2) is 23.3 Å². The molecule has 1 aromatic rings. The number of piperidine rings is 1. The smallest absolute Gasteiger partial charge is 0.101 e. The Morgan fingerprint density at radius 2 is 1.94 bits per heavy atom. The summed E-state index contributed by atoms with van der Waals surface area (Å²) in [5.41, 5.74) is 1.60. The van der Waals surface area contributed by atoms with Crippen LogP contribution < -0.4 is 4.90 Å². The number of hydrogen-bond donors (Lipinski definition) is 1. The molecule has 0 amide bonds. The van der Waals surface area contributed by atoms with Crippen molar-refractivity contribution in [3.63, 3.8) is 0 Å². The molecule has 2 atom stereocenters. The number of halogens is 1. The van der Waals surface area contributed by atoms with Gasteiger partial charge in [0.15, 0.2) is 0 Å². The molecule has 94 valence electrons. The molecule has 2 unspecified atom stereocenters. The van der Waals surface area contributed by atoms with Crippen LogP contribution in [0.4, 0.5) is 5.69 Å². The van der Waals surface area contributed by atoms with Gasteiger partial charge >= 0.3 is 0 Å². The maximum absolute atomic E-state index is 9.80. The Bertz CT molecular complexity index is 497. The topological polar surface area (TPSA) is 47.3 Å². The number of aliphatic hydroxyl groups excluding tert-OH is 1. The highest BCUT2D eigenvalue weighted by Crippen LogP contribution is 2.40. The Balaban J connectivity index is 1.92. The molecular formula is C14H15ClN2O. The van der Waals surface area contributed by atoms with E-state index in [1.807, 2.05) is 12.1 Å². The van der Waals surface area contributed by atoms with Crippen LogP contribution in [-0.2, 0) is 0 Å². The summed E-state index contributed by atoms with van der Waals surface area (Å²) in [6, 6.07) is 8.54. The second-order valence-electron chi connectivity index (χ2n) is 5.19. The van der Waals surface area contributed by atoms with Crippen LogP contribution in [0.25, 0.3) is 0 Å². The third-order valence-corrected chi connectivity index (χ3v) is 4.39. The first kappa shape index (κ1) is 11.8. The highest BCUT2D eigenvalue weighted by molar-refractivity contribution is 6.32. The Morgan fingerprint density at radius 3 is 2.50 bits per heavy atom. The van der Waals surface area contributed by atoms with E-state index in [2.05, 4.69) is 11.0 Å². The molecule has 2 aliphatic heterocycles. The highest BCUT2D eigenvalue weighted by Gasteiger charge is 2.40. The van der Waals surface area contributed by atoms with E-state index in [0.717, 1.165) is 31.4 Å². The lowest BCUT2D eigenvalue weighted by atomic mass is 9.99. The number of rotatable bonds is 1. The molecule has 4 heteroatoms. The van der Waals surface area contributed by atoms with Gasteiger partial charge in [-0.15, -0.1) is 0 Å². The van der Waals surface area contributed by atoms with Gasteiger partial charge in [-0.2, -0.15) is 5.26 Å². The Hall–Kier alpha value is -1.24. The second kappa shape index (κ2) is 4.46. The van der Waals surface area contributed by atoms with E-state index in [-0.39, 0.29) is 6.10 Å². The van der Waals surface area contributed by atoms with Gasteiger partial charge in [-0.1, -0.05) is 11.6 Å². The lowest BCUT2D eigenvalue weighted by Gasteiger charge is -2.39. The average Bonchev–Trinajstić information content (AvgIpc) is 2.61. The summed E-state index contributed by atoms with van der Waals surface area (Å²) in [5, 5.41) is 19.2. The molecule has 2 bridgehead atoms. The normalized spacial score (nSPS) is 30.3. The molecule has 3 rings (SSSR count). The molecule has 0 radical (unpaired) electrons. The molecule has 1 N–H and O–H groups in total. The summed E-state index contributed by atoms with van der Waals surface area (Å²) in [7, 11) is 0. The molecule has 2 heterocycles. The first-order chi connectivity index (χ1) is 8.69. The Kier molecular flexibility index (Phi) is 2.93. The molecule has 0 aromatic heterocycles. The minimum Gasteiger partial charge on any atom is -0.393 e. The number of nitriles is 1. The van der Waals surface area contributed by atoms with Crippen molar-refractivity contribution in [2.45, 2.75) is 43.9 Å². The zero-order chi connectivity index (χ0) is 12.7. The fourth-order valence-electron chi connectivity index (χ4n) is 3.33. The standard InChI is InChI=1S/C14H15ClN2O/c15-14-7-12(2-1-9(14)8-16)17-10-3-4-11(17)6-13(18)5-10/h1-2,7,10-11,13,18H,3-6H2. The zero-order valence-corrected chi connectivity index (χ0v) is 10.8. The predicted molar refractivity (Wildman–Crippen MR) is 70.7 cm³/mol. The lowest BCUT2D eigenvalue weighted by molar-refractivity contribution is 0.126. The van der Waals surface area contributed by atoms with Crippen LogP contribution >= 0.6 is 11.6 Å². The summed E-state index contributed by atoms with van der Waals surface area (Å²) in [6.45, 7) is 0. The number of nitrogens with zero attached hydrogens (tertiary/aromatic N) is 2. The predicted octanol–water partition coefficient (Wildman–Crippen LogP) is 2.70. The summed E-state index contributed by atoms with van der Waals surface area (Å²) in [5.74, 6) is 0. The monoisotopic (exact) mass is 262 g/mol. The molecule has 0 aliphatic carbocycles. The van der Waals surface area contributed by atoms with E-state index < -0.39 is 0 Å². The van der Waals surface area contributed by atoms with Crippen molar-refractivity contribution in [1.82, 2.24) is 0 Å². The number of anilines is 1. The van der Waals surface area contributed by atoms with Crippen molar-refractivity contribution >= 4 is 17.3 Å². The maximum atomic E-state index is 9.80. The minimum absolute atomic E-state index is 0.160. The first-order valence-electron chi connectivity index (χ1n) is 6.35. The zero-order valence-electron chi connectivity index (χ0n) is 10.0. The molecule has 0 saturated carbocycles. The van der Waals surface area contributed by atoms with E-state index in [0.29, 0.717) is 22.7 Å². The highest BCUT2D eigenvalue weighted by atomic mass is 35.5. The van der Waals surface area contributed by atoms with Gasteiger partial charge in [0.2, 0.25) is 0 Å². The number of fused-ring (bicyclic) bond motifs is 2. The summed E-state index contributed by atoms with van der Waals surface area (Å²) in [4.78, 5) is 2.37. The SMILES string of the molecule is N#Cc1ccc(N2C3CCC2CC(O)C3)cc1Cl. The molecule has 2 fully saturated rings. The van der Waals surface area contributed by atoms with Crippen molar-refractivity contribution in [2.24, 2.45) is 0 Å². The molecular weight excluding hydrogens is 248 g/mol. The van der Waals surface area contributed by atoms with Gasteiger partial charge in [-0.05, 0) is 43.9 Å². The first-order valence-corrected chi connectivity index (χ1v) is 6.73. The number of aliphatic hydroxyl groups is 1. The van der Waals surface area contributed by atoms with Crippen LogP contribution in [0.5, 0.6) is 0 Å². The summed E-state index contributed by atoms with van der Waals surface area (Å²) < 4.78 is 0. The maximum Gasteiger partial charge on any atom is 0.101 e. The van der Waals surface area contributed by atoms with Crippen molar-refractivity contribution in [3.05, 3.63) is 28.8 Å². The Morgan fingerprint density at radius 1 is 1.28 bits per heavy atom. The minimum atomic E-state index is -0.160. The molecule has 3 nitrogen and oxygen atoms in total. The van der Waals surface area contributed by atoms with Gasteiger partial charge < -0.3 is 10.0 Å². The van der Waals surface area contributed by atoms with Gasteiger partial charge in [0.1, 0.15) is 6.07 Å². The molecule has 1 aromatic carbocycles. The van der Waals surface area contributed by atoms with E-state index >= 15 is 0 Å². The van der Waals surface area contributed by atoms with Crippen LogP contribution in [0.1, 0.15) is 31.2 Å². The molecule has 2 saturated heterocycles. The van der Waals surface area contributed by atoms with Crippen molar-refractivity contribution in [1.29, 1.82) is 5.26 Å². The fourth-order valence-corrected chi connectivity index (χ4v) is 3.54. The lowest BCUT2D eigenvalue weighted by Crippen LogP contribution is -2.44. The van der Waals surface area contributed by atoms with E-state index in [1.165, 1.54) is 0 Å². The fraction of sp³-hybridized carbons (Fsp3) is 0.500. The van der Waals surface area contributed by atoms with Gasteiger partial charge in [-0.3, -0.25) is 0 Å². The molecule has 2 aliphatic rings.